The van der Waals surface area contributed by atoms with Crippen LogP contribution < -0.4 is 0 Å². The van der Waals surface area contributed by atoms with Gasteiger partial charge in [-0.25, -0.2) is 14.4 Å². The fourth-order valence-corrected chi connectivity index (χ4v) is 2.87. The summed E-state index contributed by atoms with van der Waals surface area (Å²) < 4.78 is 14.4. The normalized spacial score (nSPS) is 12.4. The van der Waals surface area contributed by atoms with E-state index in [1.54, 1.807) is 19.1 Å². The van der Waals surface area contributed by atoms with Crippen LogP contribution in [0.1, 0.15) is 31.7 Å². The maximum Gasteiger partial charge on any atom is 0.159 e. The fraction of sp³-hybridized carbons (Fsp3) is 0.217. The Morgan fingerprint density at radius 2 is 1.64 bits per heavy atom. The lowest BCUT2D eigenvalue weighted by atomic mass is 10.0. The molecule has 0 saturated heterocycles. The zero-order valence-corrected chi connectivity index (χ0v) is 15.7. The molecule has 0 fully saturated rings. The van der Waals surface area contributed by atoms with E-state index in [2.05, 4.69) is 9.97 Å². The Hall–Kier alpha value is -3.05. The summed E-state index contributed by atoms with van der Waals surface area (Å²) >= 11 is 0. The van der Waals surface area contributed by atoms with E-state index in [0.29, 0.717) is 11.4 Å². The SMILES string of the molecule is CC(O)CCC/C=C/c1ccc(-c2ccc(-c3ncc(O)cn3)cc2)cc1F. The standard InChI is InChI=1S/C23H23FN2O2/c1-16(27)5-3-2-4-6-18-9-12-20(13-22(18)24)17-7-10-19(11-8-17)23-25-14-21(28)15-26-23/h4,6-16,27-28H,2-3,5H2,1H3/b6-4+. The molecular weight excluding hydrogens is 355 g/mol. The summed E-state index contributed by atoms with van der Waals surface area (Å²) in [5.41, 5.74) is 3.06. The number of aromatic hydroxyl groups is 1. The first-order chi connectivity index (χ1) is 13.5. The monoisotopic (exact) mass is 378 g/mol. The molecule has 2 N–H and O–H groups in total. The van der Waals surface area contributed by atoms with Crippen LogP contribution >= 0.6 is 0 Å². The van der Waals surface area contributed by atoms with Crippen LogP contribution in [-0.2, 0) is 0 Å². The molecule has 1 heterocycles. The Labute approximate surface area is 164 Å². The van der Waals surface area contributed by atoms with Crippen LogP contribution in [0.4, 0.5) is 4.39 Å². The van der Waals surface area contributed by atoms with E-state index in [1.165, 1.54) is 18.5 Å². The second-order valence-electron chi connectivity index (χ2n) is 6.76. The highest BCUT2D eigenvalue weighted by Gasteiger charge is 2.06. The summed E-state index contributed by atoms with van der Waals surface area (Å²) in [6.45, 7) is 1.77. The highest BCUT2D eigenvalue weighted by molar-refractivity contribution is 5.69. The van der Waals surface area contributed by atoms with Crippen molar-refractivity contribution in [1.29, 1.82) is 0 Å². The van der Waals surface area contributed by atoms with E-state index < -0.39 is 0 Å². The average molecular weight is 378 g/mol. The molecule has 4 nitrogen and oxygen atoms in total. The number of allylic oxidation sites excluding steroid dienone is 1. The first-order valence-corrected chi connectivity index (χ1v) is 9.29. The van der Waals surface area contributed by atoms with Gasteiger partial charge in [0.15, 0.2) is 11.6 Å². The smallest absolute Gasteiger partial charge is 0.159 e. The number of nitrogens with zero attached hydrogens (tertiary/aromatic N) is 2. The van der Waals surface area contributed by atoms with Crippen LogP contribution in [0.25, 0.3) is 28.6 Å². The number of hydrogen-bond donors (Lipinski definition) is 2. The van der Waals surface area contributed by atoms with E-state index in [4.69, 9.17) is 0 Å². The van der Waals surface area contributed by atoms with Gasteiger partial charge in [0.2, 0.25) is 0 Å². The predicted molar refractivity (Wildman–Crippen MR) is 109 cm³/mol. The Kier molecular flexibility index (Phi) is 6.50. The summed E-state index contributed by atoms with van der Waals surface area (Å²) in [4.78, 5) is 8.17. The van der Waals surface area contributed by atoms with E-state index >= 15 is 0 Å². The molecule has 144 valence electrons. The summed E-state index contributed by atoms with van der Waals surface area (Å²) in [5, 5.41) is 18.5. The molecule has 1 atom stereocenters. The van der Waals surface area contributed by atoms with Gasteiger partial charge in [-0.1, -0.05) is 48.6 Å². The number of benzene rings is 2. The van der Waals surface area contributed by atoms with Gasteiger partial charge in [-0.15, -0.1) is 0 Å². The molecular formula is C23H23FN2O2. The van der Waals surface area contributed by atoms with Gasteiger partial charge in [-0.2, -0.15) is 0 Å². The molecule has 3 rings (SSSR count). The number of halogens is 1. The minimum atomic E-state index is -0.295. The number of aliphatic hydroxyl groups excluding tert-OH is 1. The van der Waals surface area contributed by atoms with Crippen LogP contribution in [0.3, 0.4) is 0 Å². The van der Waals surface area contributed by atoms with Gasteiger partial charge in [-0.3, -0.25) is 0 Å². The maximum atomic E-state index is 14.4. The number of aliphatic hydroxyl groups is 1. The third-order valence-electron chi connectivity index (χ3n) is 4.41. The van der Waals surface area contributed by atoms with Crippen molar-refractivity contribution in [3.05, 3.63) is 72.3 Å². The predicted octanol–water partition coefficient (Wildman–Crippen LogP) is 5.22. The van der Waals surface area contributed by atoms with E-state index in [0.717, 1.165) is 36.0 Å². The van der Waals surface area contributed by atoms with Gasteiger partial charge in [0.05, 0.1) is 18.5 Å². The Morgan fingerprint density at radius 1 is 1.00 bits per heavy atom. The number of hydrogen-bond acceptors (Lipinski definition) is 4. The van der Waals surface area contributed by atoms with E-state index in [-0.39, 0.29) is 17.7 Å². The van der Waals surface area contributed by atoms with E-state index in [1.807, 2.05) is 36.4 Å². The summed E-state index contributed by atoms with van der Waals surface area (Å²) in [6, 6.07) is 12.7. The Bertz CT molecular complexity index is 936. The molecule has 1 unspecified atom stereocenters. The van der Waals surface area contributed by atoms with Crippen molar-refractivity contribution < 1.29 is 14.6 Å². The molecule has 3 aromatic rings. The minimum Gasteiger partial charge on any atom is -0.505 e. The second kappa shape index (κ2) is 9.24. The number of aromatic nitrogens is 2. The molecule has 2 aromatic carbocycles. The van der Waals surface area contributed by atoms with Crippen molar-refractivity contribution in [2.24, 2.45) is 0 Å². The van der Waals surface area contributed by atoms with Crippen molar-refractivity contribution in [3.63, 3.8) is 0 Å². The molecule has 0 bridgehead atoms. The van der Waals surface area contributed by atoms with Gasteiger partial charge in [0, 0.05) is 11.1 Å². The van der Waals surface area contributed by atoms with Gasteiger partial charge in [-0.05, 0) is 43.4 Å². The van der Waals surface area contributed by atoms with E-state index in [9.17, 15) is 14.6 Å². The third kappa shape index (κ3) is 5.24. The van der Waals surface area contributed by atoms with Crippen molar-refractivity contribution in [2.45, 2.75) is 32.3 Å². The van der Waals surface area contributed by atoms with Gasteiger partial charge >= 0.3 is 0 Å². The molecule has 0 saturated carbocycles. The zero-order valence-electron chi connectivity index (χ0n) is 15.7. The molecule has 5 heteroatoms. The van der Waals surface area contributed by atoms with Crippen molar-refractivity contribution in [3.8, 4) is 28.3 Å². The van der Waals surface area contributed by atoms with Crippen LogP contribution in [0, 0.1) is 5.82 Å². The fourth-order valence-electron chi connectivity index (χ4n) is 2.87. The van der Waals surface area contributed by atoms with Crippen LogP contribution in [-0.4, -0.2) is 26.3 Å². The lowest BCUT2D eigenvalue weighted by molar-refractivity contribution is 0.182. The molecule has 0 amide bonds. The number of unbranched alkanes of at least 4 members (excludes halogenated alkanes) is 1. The molecule has 0 spiro atoms. The minimum absolute atomic E-state index is 0.0212. The summed E-state index contributed by atoms with van der Waals surface area (Å²) in [6.07, 6.45) is 8.56. The molecule has 0 aliphatic heterocycles. The molecule has 0 radical (unpaired) electrons. The van der Waals surface area contributed by atoms with Crippen LogP contribution in [0.2, 0.25) is 0 Å². The number of rotatable bonds is 7. The van der Waals surface area contributed by atoms with Crippen molar-refractivity contribution in [1.82, 2.24) is 9.97 Å². The maximum absolute atomic E-state index is 14.4. The Balaban J connectivity index is 1.69. The Morgan fingerprint density at radius 3 is 2.29 bits per heavy atom. The highest BCUT2D eigenvalue weighted by atomic mass is 19.1. The van der Waals surface area contributed by atoms with Crippen LogP contribution in [0.15, 0.2) is 60.9 Å². The lowest BCUT2D eigenvalue weighted by Gasteiger charge is -2.06. The molecule has 28 heavy (non-hydrogen) atoms. The van der Waals surface area contributed by atoms with Gasteiger partial charge in [0.1, 0.15) is 5.82 Å². The first-order valence-electron chi connectivity index (χ1n) is 9.29. The molecule has 0 aliphatic carbocycles. The first kappa shape index (κ1) is 19.7. The molecule has 0 aliphatic rings. The van der Waals surface area contributed by atoms with Gasteiger partial charge in [0.25, 0.3) is 0 Å². The van der Waals surface area contributed by atoms with Crippen molar-refractivity contribution in [2.75, 3.05) is 0 Å². The largest absolute Gasteiger partial charge is 0.505 e. The summed E-state index contributed by atoms with van der Waals surface area (Å²) in [7, 11) is 0. The summed E-state index contributed by atoms with van der Waals surface area (Å²) in [5.74, 6) is 0.273. The zero-order chi connectivity index (χ0) is 19.9. The lowest BCUT2D eigenvalue weighted by Crippen LogP contribution is -1.97. The topological polar surface area (TPSA) is 66.2 Å². The van der Waals surface area contributed by atoms with Crippen LogP contribution in [0.5, 0.6) is 5.75 Å². The second-order valence-corrected chi connectivity index (χ2v) is 6.76. The third-order valence-corrected chi connectivity index (χ3v) is 4.41. The average Bonchev–Trinajstić information content (AvgIpc) is 2.69. The highest BCUT2D eigenvalue weighted by Crippen LogP contribution is 2.25. The van der Waals surface area contributed by atoms with Crippen molar-refractivity contribution >= 4 is 6.08 Å². The van der Waals surface area contributed by atoms with Gasteiger partial charge < -0.3 is 10.2 Å². The molecule has 1 aromatic heterocycles. The quantitative estimate of drug-likeness (QED) is 0.553.